The average Bonchev–Trinajstić information content (AvgIpc) is 2.81. The summed E-state index contributed by atoms with van der Waals surface area (Å²) >= 11 is 0. The molecule has 2 saturated heterocycles. The molecule has 0 radical (unpaired) electrons. The van der Waals surface area contributed by atoms with Gasteiger partial charge in [-0.15, -0.1) is 0 Å². The standard InChI is InChI=1S/C26H34N2O2/c29-26(12-11-22-7-3-1-4-8-22)28-19-15-25(16-20-28)30-24-13-17-27(18-14-24)21-23-9-5-2-6-10-23/h1-10,24-25H,11-21H2. The molecular weight excluding hydrogens is 372 g/mol. The van der Waals surface area contributed by atoms with Crippen LogP contribution < -0.4 is 0 Å². The normalized spacial score (nSPS) is 19.1. The Morgan fingerprint density at radius 3 is 1.90 bits per heavy atom. The number of carbonyl (C=O) groups is 1. The molecule has 2 aliphatic heterocycles. The van der Waals surface area contributed by atoms with Gasteiger partial charge in [-0.1, -0.05) is 60.7 Å². The quantitative estimate of drug-likeness (QED) is 0.688. The van der Waals surface area contributed by atoms with Crippen LogP contribution in [0, 0.1) is 0 Å². The molecule has 2 fully saturated rings. The van der Waals surface area contributed by atoms with E-state index < -0.39 is 0 Å². The third kappa shape index (κ3) is 6.16. The van der Waals surface area contributed by atoms with Crippen LogP contribution >= 0.6 is 0 Å². The summed E-state index contributed by atoms with van der Waals surface area (Å²) in [5.74, 6) is 0.284. The highest BCUT2D eigenvalue weighted by atomic mass is 16.5. The fraction of sp³-hybridized carbons (Fsp3) is 0.500. The molecule has 0 atom stereocenters. The van der Waals surface area contributed by atoms with E-state index in [1.54, 1.807) is 0 Å². The van der Waals surface area contributed by atoms with Crippen LogP contribution in [-0.2, 0) is 22.5 Å². The lowest BCUT2D eigenvalue weighted by Gasteiger charge is -2.37. The smallest absolute Gasteiger partial charge is 0.222 e. The highest BCUT2D eigenvalue weighted by molar-refractivity contribution is 5.76. The minimum atomic E-state index is 0.284. The Bertz CT molecular complexity index is 764. The van der Waals surface area contributed by atoms with Crippen molar-refractivity contribution in [3.63, 3.8) is 0 Å². The van der Waals surface area contributed by atoms with E-state index in [-0.39, 0.29) is 5.91 Å². The van der Waals surface area contributed by atoms with Crippen LogP contribution in [0.5, 0.6) is 0 Å². The molecule has 4 heteroatoms. The second-order valence-electron chi connectivity index (χ2n) is 8.66. The first-order chi connectivity index (χ1) is 14.8. The molecule has 2 heterocycles. The molecule has 30 heavy (non-hydrogen) atoms. The van der Waals surface area contributed by atoms with Crippen molar-refractivity contribution in [3.8, 4) is 0 Å². The minimum Gasteiger partial charge on any atom is -0.375 e. The largest absolute Gasteiger partial charge is 0.375 e. The van der Waals surface area contributed by atoms with E-state index in [0.717, 1.165) is 64.8 Å². The third-order valence-corrected chi connectivity index (χ3v) is 6.43. The average molecular weight is 407 g/mol. The maximum absolute atomic E-state index is 12.5. The Morgan fingerprint density at radius 1 is 0.767 bits per heavy atom. The number of hydrogen-bond donors (Lipinski definition) is 0. The number of ether oxygens (including phenoxy) is 1. The molecule has 4 rings (SSSR count). The van der Waals surface area contributed by atoms with Gasteiger partial charge < -0.3 is 9.64 Å². The number of rotatable bonds is 7. The van der Waals surface area contributed by atoms with Crippen molar-refractivity contribution in [3.05, 3.63) is 71.8 Å². The predicted octanol–water partition coefficient (Wildman–Crippen LogP) is 4.29. The number of benzene rings is 2. The molecule has 0 aromatic heterocycles. The number of hydrogen-bond acceptors (Lipinski definition) is 3. The van der Waals surface area contributed by atoms with Gasteiger partial charge in [-0.2, -0.15) is 0 Å². The van der Waals surface area contributed by atoms with Crippen LogP contribution in [0.4, 0.5) is 0 Å². The number of likely N-dealkylation sites (tertiary alicyclic amines) is 2. The van der Waals surface area contributed by atoms with Crippen molar-refractivity contribution < 1.29 is 9.53 Å². The van der Waals surface area contributed by atoms with E-state index in [4.69, 9.17) is 4.74 Å². The summed E-state index contributed by atoms with van der Waals surface area (Å²) in [7, 11) is 0. The maximum Gasteiger partial charge on any atom is 0.222 e. The van der Waals surface area contributed by atoms with Crippen LogP contribution in [0.15, 0.2) is 60.7 Å². The summed E-state index contributed by atoms with van der Waals surface area (Å²) in [6.45, 7) is 4.93. The Labute approximate surface area is 180 Å². The fourth-order valence-electron chi connectivity index (χ4n) is 4.61. The van der Waals surface area contributed by atoms with Gasteiger partial charge in [-0.25, -0.2) is 0 Å². The van der Waals surface area contributed by atoms with Crippen LogP contribution in [0.2, 0.25) is 0 Å². The summed E-state index contributed by atoms with van der Waals surface area (Å²) in [5, 5.41) is 0. The van der Waals surface area contributed by atoms with Crippen LogP contribution in [0.3, 0.4) is 0 Å². The summed E-state index contributed by atoms with van der Waals surface area (Å²) in [6.07, 6.45) is 6.30. The zero-order chi connectivity index (χ0) is 20.6. The molecule has 4 nitrogen and oxygen atoms in total. The molecule has 2 aromatic carbocycles. The fourth-order valence-corrected chi connectivity index (χ4v) is 4.61. The number of piperidine rings is 2. The maximum atomic E-state index is 12.5. The highest BCUT2D eigenvalue weighted by Crippen LogP contribution is 2.22. The van der Waals surface area contributed by atoms with Crippen LogP contribution in [0.25, 0.3) is 0 Å². The summed E-state index contributed by atoms with van der Waals surface area (Å²) < 4.78 is 6.42. The van der Waals surface area contributed by atoms with E-state index in [0.29, 0.717) is 18.6 Å². The topological polar surface area (TPSA) is 32.8 Å². The molecule has 2 aliphatic rings. The Kier molecular flexibility index (Phi) is 7.54. The van der Waals surface area contributed by atoms with Gasteiger partial charge in [0.2, 0.25) is 5.91 Å². The van der Waals surface area contributed by atoms with Crippen molar-refractivity contribution >= 4 is 5.91 Å². The highest BCUT2D eigenvalue weighted by Gasteiger charge is 2.27. The lowest BCUT2D eigenvalue weighted by Crippen LogP contribution is -2.43. The predicted molar refractivity (Wildman–Crippen MR) is 120 cm³/mol. The minimum absolute atomic E-state index is 0.284. The zero-order valence-corrected chi connectivity index (χ0v) is 17.9. The zero-order valence-electron chi connectivity index (χ0n) is 17.9. The van der Waals surface area contributed by atoms with Crippen molar-refractivity contribution in [2.24, 2.45) is 0 Å². The van der Waals surface area contributed by atoms with Gasteiger partial charge >= 0.3 is 0 Å². The summed E-state index contributed by atoms with van der Waals surface area (Å²) in [4.78, 5) is 17.1. The molecule has 0 aliphatic carbocycles. The monoisotopic (exact) mass is 406 g/mol. The van der Waals surface area contributed by atoms with Crippen molar-refractivity contribution in [1.29, 1.82) is 0 Å². The molecular formula is C26H34N2O2. The summed E-state index contributed by atoms with van der Waals surface area (Å²) in [5.41, 5.74) is 2.63. The number of amides is 1. The molecule has 0 unspecified atom stereocenters. The molecule has 0 saturated carbocycles. The van der Waals surface area contributed by atoms with E-state index >= 15 is 0 Å². The number of carbonyl (C=O) groups excluding carboxylic acids is 1. The van der Waals surface area contributed by atoms with Gasteiger partial charge in [-0.3, -0.25) is 9.69 Å². The van der Waals surface area contributed by atoms with E-state index in [1.165, 1.54) is 11.1 Å². The van der Waals surface area contributed by atoms with Gasteiger partial charge in [0.15, 0.2) is 0 Å². The SMILES string of the molecule is O=C(CCc1ccccc1)N1CCC(OC2CCN(Cc3ccccc3)CC2)CC1. The van der Waals surface area contributed by atoms with E-state index in [9.17, 15) is 4.79 Å². The van der Waals surface area contributed by atoms with Gasteiger partial charge in [-0.05, 0) is 43.2 Å². The number of aryl methyl sites for hydroxylation is 1. The first kappa shape index (κ1) is 21.1. The Hall–Kier alpha value is -2.17. The van der Waals surface area contributed by atoms with Crippen LogP contribution in [0.1, 0.15) is 43.2 Å². The Balaban J connectivity index is 1.13. The molecule has 1 amide bonds. The summed E-state index contributed by atoms with van der Waals surface area (Å²) in [6, 6.07) is 21.0. The van der Waals surface area contributed by atoms with Crippen molar-refractivity contribution in [2.45, 2.75) is 57.3 Å². The lowest BCUT2D eigenvalue weighted by atomic mass is 10.0. The second-order valence-corrected chi connectivity index (χ2v) is 8.66. The molecule has 2 aromatic rings. The Morgan fingerprint density at radius 2 is 1.30 bits per heavy atom. The van der Waals surface area contributed by atoms with Gasteiger partial charge in [0.05, 0.1) is 12.2 Å². The van der Waals surface area contributed by atoms with Gasteiger partial charge in [0, 0.05) is 39.1 Å². The van der Waals surface area contributed by atoms with Crippen LogP contribution in [-0.4, -0.2) is 54.1 Å². The number of nitrogens with zero attached hydrogens (tertiary/aromatic N) is 2. The first-order valence-corrected chi connectivity index (χ1v) is 11.5. The second kappa shape index (κ2) is 10.7. The molecule has 160 valence electrons. The van der Waals surface area contributed by atoms with Crippen molar-refractivity contribution in [1.82, 2.24) is 9.80 Å². The molecule has 0 bridgehead atoms. The van der Waals surface area contributed by atoms with Gasteiger partial charge in [0.1, 0.15) is 0 Å². The lowest BCUT2D eigenvalue weighted by molar-refractivity contribution is -0.135. The molecule has 0 spiro atoms. The first-order valence-electron chi connectivity index (χ1n) is 11.5. The third-order valence-electron chi connectivity index (χ3n) is 6.43. The van der Waals surface area contributed by atoms with Crippen molar-refractivity contribution in [2.75, 3.05) is 26.2 Å². The molecule has 0 N–H and O–H groups in total. The van der Waals surface area contributed by atoms with E-state index in [2.05, 4.69) is 47.4 Å². The van der Waals surface area contributed by atoms with E-state index in [1.807, 2.05) is 23.1 Å². The van der Waals surface area contributed by atoms with Gasteiger partial charge in [0.25, 0.3) is 0 Å².